The first kappa shape index (κ1) is 13.8. The van der Waals surface area contributed by atoms with Gasteiger partial charge in [0.2, 0.25) is 0 Å². The largest absolute Gasteiger partial charge is 0.368 e. The Bertz CT molecular complexity index is 589. The lowest BCUT2D eigenvalue weighted by Crippen LogP contribution is -2.46. The molecule has 0 unspecified atom stereocenters. The first-order valence-corrected chi connectivity index (χ1v) is 7.42. The summed E-state index contributed by atoms with van der Waals surface area (Å²) in [5.41, 5.74) is 3.21. The summed E-state index contributed by atoms with van der Waals surface area (Å²) in [5.74, 6) is 0. The maximum Gasteiger partial charge on any atom is 0.152 e. The van der Waals surface area contributed by atoms with Crippen molar-refractivity contribution in [2.24, 2.45) is 0 Å². The van der Waals surface area contributed by atoms with Gasteiger partial charge in [-0.05, 0) is 17.7 Å². The highest BCUT2D eigenvalue weighted by atomic mass is 16.1. The summed E-state index contributed by atoms with van der Waals surface area (Å²) < 4.78 is 0. The number of anilines is 1. The number of aldehydes is 1. The third-order valence-electron chi connectivity index (χ3n) is 4.03. The minimum Gasteiger partial charge on any atom is -0.368 e. The molecule has 0 aromatic heterocycles. The SMILES string of the molecule is O=Cc1ccccc1N1CCN(Cc2ccccc2)CC1. The van der Waals surface area contributed by atoms with E-state index in [4.69, 9.17) is 0 Å². The van der Waals surface area contributed by atoms with E-state index in [-0.39, 0.29) is 0 Å². The smallest absolute Gasteiger partial charge is 0.152 e. The van der Waals surface area contributed by atoms with Crippen molar-refractivity contribution in [3.05, 3.63) is 65.7 Å². The zero-order chi connectivity index (χ0) is 14.5. The second-order valence-electron chi connectivity index (χ2n) is 5.43. The Morgan fingerprint density at radius 2 is 1.52 bits per heavy atom. The van der Waals surface area contributed by atoms with Crippen molar-refractivity contribution in [2.45, 2.75) is 6.54 Å². The minimum absolute atomic E-state index is 0.786. The van der Waals surface area contributed by atoms with Crippen LogP contribution in [0.5, 0.6) is 0 Å². The van der Waals surface area contributed by atoms with Crippen LogP contribution in [0.3, 0.4) is 0 Å². The molecular formula is C18H20N2O. The number of hydrogen-bond acceptors (Lipinski definition) is 3. The van der Waals surface area contributed by atoms with E-state index in [9.17, 15) is 4.79 Å². The molecule has 0 spiro atoms. The molecule has 21 heavy (non-hydrogen) atoms. The van der Waals surface area contributed by atoms with E-state index in [1.165, 1.54) is 5.56 Å². The second-order valence-corrected chi connectivity index (χ2v) is 5.43. The van der Waals surface area contributed by atoms with Gasteiger partial charge < -0.3 is 4.90 Å². The highest BCUT2D eigenvalue weighted by molar-refractivity contribution is 5.84. The summed E-state index contributed by atoms with van der Waals surface area (Å²) in [6.07, 6.45) is 0.950. The van der Waals surface area contributed by atoms with Gasteiger partial charge in [-0.15, -0.1) is 0 Å². The van der Waals surface area contributed by atoms with E-state index in [0.717, 1.165) is 50.3 Å². The molecule has 0 bridgehead atoms. The van der Waals surface area contributed by atoms with E-state index in [2.05, 4.69) is 40.1 Å². The van der Waals surface area contributed by atoms with E-state index in [1.807, 2.05) is 24.3 Å². The van der Waals surface area contributed by atoms with Gasteiger partial charge in [0.25, 0.3) is 0 Å². The summed E-state index contributed by atoms with van der Waals surface area (Å²) in [6.45, 7) is 5.00. The van der Waals surface area contributed by atoms with Crippen LogP contribution in [-0.4, -0.2) is 37.4 Å². The van der Waals surface area contributed by atoms with Crippen LogP contribution in [0.4, 0.5) is 5.69 Å². The fraction of sp³-hybridized carbons (Fsp3) is 0.278. The van der Waals surface area contributed by atoms with E-state index in [1.54, 1.807) is 0 Å². The van der Waals surface area contributed by atoms with Crippen LogP contribution < -0.4 is 4.90 Å². The van der Waals surface area contributed by atoms with Crippen molar-refractivity contribution in [2.75, 3.05) is 31.1 Å². The van der Waals surface area contributed by atoms with E-state index in [0.29, 0.717) is 0 Å². The lowest BCUT2D eigenvalue weighted by Gasteiger charge is -2.36. The number of piperazine rings is 1. The molecule has 0 saturated carbocycles. The molecule has 0 amide bonds. The molecule has 1 heterocycles. The number of hydrogen-bond donors (Lipinski definition) is 0. The van der Waals surface area contributed by atoms with Gasteiger partial charge in [0.05, 0.1) is 0 Å². The Kier molecular flexibility index (Phi) is 4.31. The zero-order valence-corrected chi connectivity index (χ0v) is 12.1. The molecule has 3 rings (SSSR count). The Morgan fingerprint density at radius 3 is 2.24 bits per heavy atom. The predicted octanol–water partition coefficient (Wildman–Crippen LogP) is 2.82. The predicted molar refractivity (Wildman–Crippen MR) is 85.8 cm³/mol. The van der Waals surface area contributed by atoms with Crippen LogP contribution in [0.15, 0.2) is 54.6 Å². The van der Waals surface area contributed by atoms with E-state index >= 15 is 0 Å². The fourth-order valence-electron chi connectivity index (χ4n) is 2.86. The van der Waals surface area contributed by atoms with Crippen molar-refractivity contribution in [3.8, 4) is 0 Å². The van der Waals surface area contributed by atoms with Gasteiger partial charge in [-0.1, -0.05) is 42.5 Å². The normalized spacial score (nSPS) is 15.9. The summed E-state index contributed by atoms with van der Waals surface area (Å²) in [7, 11) is 0. The van der Waals surface area contributed by atoms with Crippen LogP contribution in [0.25, 0.3) is 0 Å². The molecule has 2 aromatic carbocycles. The number of carbonyl (C=O) groups is 1. The monoisotopic (exact) mass is 280 g/mol. The van der Waals surface area contributed by atoms with Crippen molar-refractivity contribution in [3.63, 3.8) is 0 Å². The van der Waals surface area contributed by atoms with Crippen LogP contribution in [0.1, 0.15) is 15.9 Å². The quantitative estimate of drug-likeness (QED) is 0.805. The number of para-hydroxylation sites is 1. The summed E-state index contributed by atoms with van der Waals surface area (Å²) in [6, 6.07) is 18.4. The van der Waals surface area contributed by atoms with Crippen molar-refractivity contribution < 1.29 is 4.79 Å². The van der Waals surface area contributed by atoms with Crippen molar-refractivity contribution in [1.82, 2.24) is 4.90 Å². The maximum atomic E-state index is 11.1. The summed E-state index contributed by atoms with van der Waals surface area (Å²) >= 11 is 0. The number of rotatable bonds is 4. The van der Waals surface area contributed by atoms with Gasteiger partial charge in [-0.3, -0.25) is 9.69 Å². The molecule has 0 aliphatic carbocycles. The molecular weight excluding hydrogens is 260 g/mol. The average molecular weight is 280 g/mol. The molecule has 3 heteroatoms. The molecule has 2 aromatic rings. The highest BCUT2D eigenvalue weighted by Gasteiger charge is 2.18. The highest BCUT2D eigenvalue weighted by Crippen LogP contribution is 2.20. The van der Waals surface area contributed by atoms with Gasteiger partial charge >= 0.3 is 0 Å². The zero-order valence-electron chi connectivity index (χ0n) is 12.1. The number of carbonyl (C=O) groups excluding carboxylic acids is 1. The molecule has 1 fully saturated rings. The van der Waals surface area contributed by atoms with E-state index < -0.39 is 0 Å². The standard InChI is InChI=1S/C18H20N2O/c21-15-17-8-4-5-9-18(17)20-12-10-19(11-13-20)14-16-6-2-1-3-7-16/h1-9,15H,10-14H2. The molecule has 0 atom stereocenters. The number of nitrogens with zero attached hydrogens (tertiary/aromatic N) is 2. The van der Waals surface area contributed by atoms with Crippen molar-refractivity contribution >= 4 is 12.0 Å². The molecule has 0 radical (unpaired) electrons. The molecule has 1 saturated heterocycles. The van der Waals surface area contributed by atoms with Gasteiger partial charge in [0.15, 0.2) is 6.29 Å². The van der Waals surface area contributed by atoms with Crippen molar-refractivity contribution in [1.29, 1.82) is 0 Å². The maximum absolute atomic E-state index is 11.1. The van der Waals surface area contributed by atoms with Gasteiger partial charge in [-0.2, -0.15) is 0 Å². The molecule has 3 nitrogen and oxygen atoms in total. The van der Waals surface area contributed by atoms with Crippen LogP contribution >= 0.6 is 0 Å². The third-order valence-corrected chi connectivity index (χ3v) is 4.03. The molecule has 0 N–H and O–H groups in total. The lowest BCUT2D eigenvalue weighted by atomic mass is 10.1. The molecule has 1 aliphatic rings. The average Bonchev–Trinajstić information content (AvgIpc) is 2.56. The fourth-order valence-corrected chi connectivity index (χ4v) is 2.86. The van der Waals surface area contributed by atoms with Crippen LogP contribution in [0.2, 0.25) is 0 Å². The number of benzene rings is 2. The van der Waals surface area contributed by atoms with Gasteiger partial charge in [0.1, 0.15) is 0 Å². The summed E-state index contributed by atoms with van der Waals surface area (Å²) in [5, 5.41) is 0. The van der Waals surface area contributed by atoms with Gasteiger partial charge in [0, 0.05) is 44.0 Å². The summed E-state index contributed by atoms with van der Waals surface area (Å²) in [4.78, 5) is 15.9. The Morgan fingerprint density at radius 1 is 0.857 bits per heavy atom. The van der Waals surface area contributed by atoms with Crippen LogP contribution in [-0.2, 0) is 6.54 Å². The Hall–Kier alpha value is -2.13. The Labute approximate surface area is 125 Å². The second kappa shape index (κ2) is 6.55. The molecule has 1 aliphatic heterocycles. The minimum atomic E-state index is 0.786. The first-order chi connectivity index (χ1) is 10.4. The topological polar surface area (TPSA) is 23.6 Å². The van der Waals surface area contributed by atoms with Gasteiger partial charge in [-0.25, -0.2) is 0 Å². The Balaban J connectivity index is 1.61. The first-order valence-electron chi connectivity index (χ1n) is 7.42. The third kappa shape index (κ3) is 3.31. The van der Waals surface area contributed by atoms with Crippen LogP contribution in [0, 0.1) is 0 Å². The lowest BCUT2D eigenvalue weighted by molar-refractivity contribution is 0.112. The molecule has 108 valence electrons.